The fourth-order valence-corrected chi connectivity index (χ4v) is 3.58. The standard InChI is InChI=1S/C20H19BrN2/c1-4-22-18(13-15-8-7-9-16(21)12-15)20-14(2)17-10-5-6-11-19(17)23(20)3/h4-12H,1,13H2,2-3H3. The number of aliphatic imine (C=N–C) groups is 1. The second-order valence-corrected chi connectivity index (χ2v) is 6.53. The number of aryl methyl sites for hydroxylation is 2. The zero-order chi connectivity index (χ0) is 16.4. The summed E-state index contributed by atoms with van der Waals surface area (Å²) in [5.41, 5.74) is 5.93. The molecular formula is C20H19BrN2. The summed E-state index contributed by atoms with van der Waals surface area (Å²) in [5.74, 6) is 0. The topological polar surface area (TPSA) is 17.3 Å². The number of benzene rings is 2. The summed E-state index contributed by atoms with van der Waals surface area (Å²) in [6.07, 6.45) is 2.40. The van der Waals surface area contributed by atoms with E-state index in [0.29, 0.717) is 0 Å². The lowest BCUT2D eigenvalue weighted by molar-refractivity contribution is 0.942. The number of halogens is 1. The average molecular weight is 367 g/mol. The molecule has 0 spiro atoms. The quantitative estimate of drug-likeness (QED) is 0.548. The number of fused-ring (bicyclic) bond motifs is 1. The average Bonchev–Trinajstić information content (AvgIpc) is 2.79. The van der Waals surface area contributed by atoms with Crippen LogP contribution in [0.2, 0.25) is 0 Å². The molecule has 0 amide bonds. The molecule has 116 valence electrons. The molecule has 2 aromatic carbocycles. The molecular weight excluding hydrogens is 348 g/mol. The number of nitrogens with zero attached hydrogens (tertiary/aromatic N) is 2. The summed E-state index contributed by atoms with van der Waals surface area (Å²) < 4.78 is 3.31. The maximum Gasteiger partial charge on any atom is 0.0686 e. The van der Waals surface area contributed by atoms with Gasteiger partial charge in [-0.3, -0.25) is 4.99 Å². The predicted molar refractivity (Wildman–Crippen MR) is 102 cm³/mol. The first-order chi connectivity index (χ1) is 11.1. The normalized spacial score (nSPS) is 11.9. The number of hydrogen-bond donors (Lipinski definition) is 0. The molecule has 0 unspecified atom stereocenters. The fraction of sp³-hybridized carbons (Fsp3) is 0.150. The van der Waals surface area contributed by atoms with Crippen LogP contribution in [-0.4, -0.2) is 10.3 Å². The fourth-order valence-electron chi connectivity index (χ4n) is 3.13. The Hall–Kier alpha value is -2.13. The number of hydrogen-bond acceptors (Lipinski definition) is 1. The van der Waals surface area contributed by atoms with Gasteiger partial charge in [-0.2, -0.15) is 0 Å². The van der Waals surface area contributed by atoms with Crippen LogP contribution in [0, 0.1) is 6.92 Å². The smallest absolute Gasteiger partial charge is 0.0686 e. The Morgan fingerprint density at radius 3 is 2.70 bits per heavy atom. The van der Waals surface area contributed by atoms with Crippen molar-refractivity contribution in [1.82, 2.24) is 4.57 Å². The highest BCUT2D eigenvalue weighted by Crippen LogP contribution is 2.26. The molecule has 0 fully saturated rings. The maximum absolute atomic E-state index is 4.58. The van der Waals surface area contributed by atoms with Gasteiger partial charge in [0.1, 0.15) is 0 Å². The number of aromatic nitrogens is 1. The van der Waals surface area contributed by atoms with Gasteiger partial charge >= 0.3 is 0 Å². The van der Waals surface area contributed by atoms with Crippen LogP contribution in [0.5, 0.6) is 0 Å². The summed E-state index contributed by atoms with van der Waals surface area (Å²) in [4.78, 5) is 4.58. The molecule has 3 rings (SSSR count). The lowest BCUT2D eigenvalue weighted by Gasteiger charge is -2.10. The van der Waals surface area contributed by atoms with Crippen LogP contribution in [0.4, 0.5) is 0 Å². The Bertz CT molecular complexity index is 864. The van der Waals surface area contributed by atoms with Gasteiger partial charge in [0.15, 0.2) is 0 Å². The second kappa shape index (κ2) is 6.55. The Morgan fingerprint density at radius 2 is 2.00 bits per heavy atom. The van der Waals surface area contributed by atoms with E-state index in [2.05, 4.69) is 88.5 Å². The number of para-hydroxylation sites is 1. The molecule has 0 saturated heterocycles. The van der Waals surface area contributed by atoms with E-state index >= 15 is 0 Å². The molecule has 0 bridgehead atoms. The first kappa shape index (κ1) is 15.8. The summed E-state index contributed by atoms with van der Waals surface area (Å²) in [6.45, 7) is 5.96. The molecule has 0 radical (unpaired) electrons. The van der Waals surface area contributed by atoms with Crippen LogP contribution in [0.3, 0.4) is 0 Å². The van der Waals surface area contributed by atoms with E-state index in [1.54, 1.807) is 6.20 Å². The highest BCUT2D eigenvalue weighted by molar-refractivity contribution is 9.10. The highest BCUT2D eigenvalue weighted by atomic mass is 79.9. The predicted octanol–water partition coefficient (Wildman–Crippen LogP) is 5.42. The van der Waals surface area contributed by atoms with Crippen LogP contribution in [0.25, 0.3) is 10.9 Å². The zero-order valence-corrected chi connectivity index (χ0v) is 15.0. The molecule has 3 heteroatoms. The van der Waals surface area contributed by atoms with Crippen LogP contribution in [0.1, 0.15) is 16.8 Å². The zero-order valence-electron chi connectivity index (χ0n) is 13.4. The SMILES string of the molecule is C=CN=C(Cc1cccc(Br)c1)c1c(C)c2ccccc2n1C. The first-order valence-corrected chi connectivity index (χ1v) is 8.37. The van der Waals surface area contributed by atoms with Crippen molar-refractivity contribution in [1.29, 1.82) is 0 Å². The van der Waals surface area contributed by atoms with E-state index in [1.165, 1.54) is 27.7 Å². The Kier molecular flexibility index (Phi) is 4.49. The van der Waals surface area contributed by atoms with Gasteiger partial charge < -0.3 is 4.57 Å². The molecule has 1 aromatic heterocycles. The molecule has 2 nitrogen and oxygen atoms in total. The van der Waals surface area contributed by atoms with Gasteiger partial charge in [-0.05, 0) is 36.2 Å². The summed E-state index contributed by atoms with van der Waals surface area (Å²) in [5, 5.41) is 1.27. The molecule has 0 saturated carbocycles. The van der Waals surface area contributed by atoms with Crippen molar-refractivity contribution < 1.29 is 0 Å². The minimum atomic E-state index is 0.774. The van der Waals surface area contributed by atoms with Crippen LogP contribution in [0.15, 0.2) is 70.8 Å². The lowest BCUT2D eigenvalue weighted by atomic mass is 10.0. The Morgan fingerprint density at radius 1 is 1.22 bits per heavy atom. The lowest BCUT2D eigenvalue weighted by Crippen LogP contribution is -2.11. The van der Waals surface area contributed by atoms with E-state index in [4.69, 9.17) is 0 Å². The van der Waals surface area contributed by atoms with E-state index < -0.39 is 0 Å². The summed E-state index contributed by atoms with van der Waals surface area (Å²) in [7, 11) is 2.10. The van der Waals surface area contributed by atoms with Crippen molar-refractivity contribution in [2.75, 3.05) is 0 Å². The molecule has 23 heavy (non-hydrogen) atoms. The van der Waals surface area contributed by atoms with E-state index in [9.17, 15) is 0 Å². The van der Waals surface area contributed by atoms with Crippen molar-refractivity contribution in [2.24, 2.45) is 12.0 Å². The Labute approximate surface area is 145 Å². The van der Waals surface area contributed by atoms with E-state index in [-0.39, 0.29) is 0 Å². The first-order valence-electron chi connectivity index (χ1n) is 7.58. The Balaban J connectivity index is 2.13. The van der Waals surface area contributed by atoms with Crippen LogP contribution >= 0.6 is 15.9 Å². The molecule has 1 heterocycles. The third-order valence-corrected chi connectivity index (χ3v) is 4.63. The third-order valence-electron chi connectivity index (χ3n) is 4.14. The van der Waals surface area contributed by atoms with Gasteiger partial charge in [-0.25, -0.2) is 0 Å². The van der Waals surface area contributed by atoms with Crippen molar-refractivity contribution in [2.45, 2.75) is 13.3 Å². The van der Waals surface area contributed by atoms with Gasteiger partial charge in [-0.1, -0.05) is 52.8 Å². The monoisotopic (exact) mass is 366 g/mol. The van der Waals surface area contributed by atoms with Crippen molar-refractivity contribution in [3.8, 4) is 0 Å². The minimum absolute atomic E-state index is 0.774. The molecule has 0 aliphatic rings. The van der Waals surface area contributed by atoms with E-state index in [1.807, 2.05) is 6.07 Å². The largest absolute Gasteiger partial charge is 0.342 e. The van der Waals surface area contributed by atoms with Crippen LogP contribution < -0.4 is 0 Å². The third kappa shape index (κ3) is 3.02. The van der Waals surface area contributed by atoms with Gasteiger partial charge in [0.2, 0.25) is 0 Å². The molecule has 0 aliphatic carbocycles. The molecule has 3 aromatic rings. The van der Waals surface area contributed by atoms with Crippen molar-refractivity contribution >= 4 is 32.5 Å². The van der Waals surface area contributed by atoms with Crippen LogP contribution in [-0.2, 0) is 13.5 Å². The second-order valence-electron chi connectivity index (χ2n) is 5.61. The van der Waals surface area contributed by atoms with E-state index in [0.717, 1.165) is 16.6 Å². The summed E-state index contributed by atoms with van der Waals surface area (Å²) >= 11 is 3.54. The van der Waals surface area contributed by atoms with Gasteiger partial charge in [-0.15, -0.1) is 0 Å². The summed E-state index contributed by atoms with van der Waals surface area (Å²) in [6, 6.07) is 16.8. The van der Waals surface area contributed by atoms with Gasteiger partial charge in [0.05, 0.1) is 11.4 Å². The van der Waals surface area contributed by atoms with Gasteiger partial charge in [0, 0.05) is 35.0 Å². The highest BCUT2D eigenvalue weighted by Gasteiger charge is 2.16. The number of rotatable bonds is 4. The maximum atomic E-state index is 4.58. The molecule has 0 N–H and O–H groups in total. The van der Waals surface area contributed by atoms with Gasteiger partial charge in [0.25, 0.3) is 0 Å². The van der Waals surface area contributed by atoms with Crippen molar-refractivity contribution in [3.63, 3.8) is 0 Å². The molecule has 0 aliphatic heterocycles. The van der Waals surface area contributed by atoms with Crippen molar-refractivity contribution in [3.05, 3.63) is 82.6 Å². The molecule has 0 atom stereocenters. The minimum Gasteiger partial charge on any atom is -0.342 e.